The molecule has 0 saturated carbocycles. The molecule has 0 amide bonds. The third kappa shape index (κ3) is 6.24. The van der Waals surface area contributed by atoms with Gasteiger partial charge in [-0.15, -0.1) is 0 Å². The van der Waals surface area contributed by atoms with Gasteiger partial charge in [-0.3, -0.25) is 0 Å². The fourth-order valence-electron chi connectivity index (χ4n) is 6.32. The van der Waals surface area contributed by atoms with E-state index in [0.29, 0.717) is 11.3 Å². The van der Waals surface area contributed by atoms with Gasteiger partial charge >= 0.3 is 292 Å². The Hall–Kier alpha value is -2.86. The van der Waals surface area contributed by atoms with Gasteiger partial charge < -0.3 is 0 Å². The third-order valence-corrected chi connectivity index (χ3v) is 21.9. The van der Waals surface area contributed by atoms with Crippen LogP contribution in [0.15, 0.2) is 103 Å². The first-order valence-corrected chi connectivity index (χ1v) is 29.9. The minimum atomic E-state index is -2.57. The molecule has 0 N–H and O–H groups in total. The van der Waals surface area contributed by atoms with Crippen LogP contribution in [0.1, 0.15) is 19.4 Å². The van der Waals surface area contributed by atoms with Crippen molar-refractivity contribution in [3.63, 3.8) is 0 Å². The Morgan fingerprint density at radius 1 is 0.723 bits per heavy atom. The van der Waals surface area contributed by atoms with Crippen molar-refractivity contribution >= 4 is 71.2 Å². The maximum atomic E-state index is 7.95. The standard InChI is InChI=1S/C27H22GeNS.C14H16GeN.Ir/c1-16-14-24(29-15-17(16)2)21-10-7-9-18-19-12-13-23-25(27(19)30-26(18)21)20-8-5-6-11-22(20)28(23,3)4;1-15(2,3)13-9-10-14(16-11-13)12-7-5-4-6-8-12;/h5-9,11-15H,1-4H3;4-7,9-11H,1-3H3;/q2*-1;/i1D3,2D3;;. The summed E-state index contributed by atoms with van der Waals surface area (Å²) in [6.07, 6.45) is 3.23. The number of nitrogens with zero attached hydrogens (tertiary/aromatic N) is 2. The molecule has 4 aromatic carbocycles. The predicted octanol–water partition coefficient (Wildman–Crippen LogP) is 9.43. The number of fused-ring (bicyclic) bond motifs is 7. The van der Waals surface area contributed by atoms with E-state index in [2.05, 4.69) is 99.4 Å². The summed E-state index contributed by atoms with van der Waals surface area (Å²) in [6, 6.07) is 37.3. The van der Waals surface area contributed by atoms with E-state index in [1.807, 2.05) is 42.6 Å². The van der Waals surface area contributed by atoms with Crippen molar-refractivity contribution in [1.82, 2.24) is 9.97 Å². The van der Waals surface area contributed by atoms with Crippen molar-refractivity contribution in [1.29, 1.82) is 0 Å². The van der Waals surface area contributed by atoms with Gasteiger partial charge in [-0.2, -0.15) is 0 Å². The van der Waals surface area contributed by atoms with E-state index in [1.54, 1.807) is 11.3 Å². The average Bonchev–Trinajstić information content (AvgIpc) is 3.60. The SMILES string of the molecule is [2H]C([2H])([2H])c1cnc(-c2[c-]ccc3c2sc2c4[c](ccc23)[Ge]([CH3])([CH3])[c]2ccccc2-4)cc1C([2H])([2H])[2H].[CH3][Ge]([CH3])([CH3])[c]1ccc(-c2[c-]cccc2)nc1.[Ir]. The van der Waals surface area contributed by atoms with Crippen LogP contribution >= 0.6 is 11.3 Å². The number of pyridine rings is 2. The zero-order valence-corrected chi connectivity index (χ0v) is 34.4. The van der Waals surface area contributed by atoms with Crippen LogP contribution in [0.25, 0.3) is 53.8 Å². The molecule has 0 bridgehead atoms. The molecule has 6 heteroatoms. The van der Waals surface area contributed by atoms with E-state index in [9.17, 15) is 0 Å². The average molecular weight is 934 g/mol. The van der Waals surface area contributed by atoms with Gasteiger partial charge in [0.1, 0.15) is 0 Å². The minimum Gasteiger partial charge on any atom is 0 e. The summed E-state index contributed by atoms with van der Waals surface area (Å²) >= 11 is -2.44. The van der Waals surface area contributed by atoms with E-state index in [4.69, 9.17) is 8.22 Å². The van der Waals surface area contributed by atoms with Crippen LogP contribution in [0.2, 0.25) is 28.8 Å². The van der Waals surface area contributed by atoms with Crippen LogP contribution in [0.3, 0.4) is 0 Å². The number of hydrogen-bond donors (Lipinski definition) is 0. The zero-order valence-electron chi connectivity index (χ0n) is 33.0. The summed E-state index contributed by atoms with van der Waals surface area (Å²) < 4.78 is 53.8. The number of aromatic nitrogens is 2. The number of benzene rings is 4. The summed E-state index contributed by atoms with van der Waals surface area (Å²) in [4.78, 5) is 8.95. The molecule has 237 valence electrons. The van der Waals surface area contributed by atoms with Gasteiger partial charge in [-0.1, -0.05) is 0 Å². The van der Waals surface area contributed by atoms with E-state index in [1.165, 1.54) is 41.3 Å². The van der Waals surface area contributed by atoms with Gasteiger partial charge in [0.2, 0.25) is 0 Å². The quantitative estimate of drug-likeness (QED) is 0.131. The van der Waals surface area contributed by atoms with Crippen LogP contribution in [0.5, 0.6) is 0 Å². The Balaban J connectivity index is 0.000000238. The molecule has 0 fully saturated rings. The van der Waals surface area contributed by atoms with Crippen molar-refractivity contribution in [3.8, 4) is 33.6 Å². The van der Waals surface area contributed by atoms with Crippen LogP contribution in [0.4, 0.5) is 0 Å². The zero-order chi connectivity index (χ0) is 37.2. The molecular formula is C41H38Ge2IrN2S-2. The Kier molecular flexibility index (Phi) is 7.59. The Morgan fingerprint density at radius 3 is 2.21 bits per heavy atom. The minimum absolute atomic E-state index is 0. The summed E-state index contributed by atoms with van der Waals surface area (Å²) in [5.74, 6) is 12.0. The second-order valence-electron chi connectivity index (χ2n) is 13.3. The van der Waals surface area contributed by atoms with Gasteiger partial charge in [0, 0.05) is 20.1 Å². The topological polar surface area (TPSA) is 25.8 Å². The molecule has 7 aromatic rings. The van der Waals surface area contributed by atoms with Crippen LogP contribution in [-0.2, 0) is 20.1 Å². The van der Waals surface area contributed by atoms with Crippen LogP contribution < -0.4 is 13.2 Å². The Morgan fingerprint density at radius 2 is 1.49 bits per heavy atom. The predicted molar refractivity (Wildman–Crippen MR) is 205 cm³/mol. The van der Waals surface area contributed by atoms with Crippen molar-refractivity contribution in [3.05, 3.63) is 127 Å². The molecule has 4 heterocycles. The van der Waals surface area contributed by atoms with E-state index >= 15 is 0 Å². The molecule has 8 rings (SSSR count). The molecule has 0 spiro atoms. The summed E-state index contributed by atoms with van der Waals surface area (Å²) in [5.41, 5.74) is 5.41. The Labute approximate surface area is 310 Å². The number of aryl methyl sites for hydroxylation is 2. The monoisotopic (exact) mass is 937 g/mol. The van der Waals surface area contributed by atoms with Crippen molar-refractivity contribution < 1.29 is 28.3 Å². The van der Waals surface area contributed by atoms with E-state index < -0.39 is 40.2 Å². The molecule has 1 aliphatic rings. The summed E-state index contributed by atoms with van der Waals surface area (Å²) in [5, 5.41) is 2.23. The first kappa shape index (κ1) is 27.0. The molecule has 0 unspecified atom stereocenters. The first-order valence-electron chi connectivity index (χ1n) is 18.4. The summed E-state index contributed by atoms with van der Waals surface area (Å²) in [7, 11) is 0. The van der Waals surface area contributed by atoms with E-state index in [0.717, 1.165) is 26.7 Å². The molecule has 0 aliphatic carbocycles. The second-order valence-corrected chi connectivity index (χ2v) is 34.1. The van der Waals surface area contributed by atoms with Crippen LogP contribution in [-0.4, -0.2) is 36.5 Å². The largest absolute Gasteiger partial charge is 0 e. The maximum Gasteiger partial charge on any atom is 0 e. The summed E-state index contributed by atoms with van der Waals surface area (Å²) in [6.45, 7) is -5.13. The molecular weight excluding hydrogens is 890 g/mol. The van der Waals surface area contributed by atoms with Gasteiger partial charge in [-0.05, 0) is 0 Å². The number of rotatable bonds is 3. The van der Waals surface area contributed by atoms with Gasteiger partial charge in [0.15, 0.2) is 0 Å². The molecule has 1 aliphatic heterocycles. The van der Waals surface area contributed by atoms with Crippen molar-refractivity contribution in [2.24, 2.45) is 0 Å². The molecule has 47 heavy (non-hydrogen) atoms. The van der Waals surface area contributed by atoms with Crippen LogP contribution in [0, 0.1) is 25.8 Å². The first-order chi connectivity index (χ1) is 24.5. The fourth-order valence-corrected chi connectivity index (χ4v) is 16.5. The molecule has 0 atom stereocenters. The number of hydrogen-bond acceptors (Lipinski definition) is 3. The Bertz CT molecular complexity index is 2450. The molecule has 3 aromatic heterocycles. The normalized spacial score (nSPS) is 15.4. The number of thiophene rings is 1. The molecule has 0 saturated heterocycles. The molecule has 2 nitrogen and oxygen atoms in total. The maximum absolute atomic E-state index is 7.95. The van der Waals surface area contributed by atoms with Gasteiger partial charge in [0.05, 0.1) is 0 Å². The fraction of sp³-hybridized carbons (Fsp3) is 0.171. The molecule has 1 radical (unpaired) electrons. The smallest absolute Gasteiger partial charge is 0 e. The second kappa shape index (κ2) is 13.2. The van der Waals surface area contributed by atoms with E-state index in [-0.39, 0.29) is 31.2 Å². The van der Waals surface area contributed by atoms with Crippen molar-refractivity contribution in [2.45, 2.75) is 42.5 Å². The van der Waals surface area contributed by atoms with Gasteiger partial charge in [0.25, 0.3) is 0 Å². The van der Waals surface area contributed by atoms with Crippen molar-refractivity contribution in [2.75, 3.05) is 0 Å². The van der Waals surface area contributed by atoms with Gasteiger partial charge in [-0.25, -0.2) is 0 Å². The third-order valence-electron chi connectivity index (χ3n) is 8.92.